The molecule has 2 unspecified atom stereocenters. The number of ether oxygens (including phenoxy) is 2. The fourth-order valence-electron chi connectivity index (χ4n) is 5.80. The van der Waals surface area contributed by atoms with Crippen LogP contribution in [0.25, 0.3) is 22.2 Å². The topological polar surface area (TPSA) is 103 Å². The minimum absolute atomic E-state index is 0.125. The van der Waals surface area contributed by atoms with Gasteiger partial charge in [-0.2, -0.15) is 0 Å². The molecule has 2 aliphatic rings. The lowest BCUT2D eigenvalue weighted by Gasteiger charge is -2.19. The second kappa shape index (κ2) is 11.5. The number of pyridine rings is 1. The van der Waals surface area contributed by atoms with Gasteiger partial charge in [-0.25, -0.2) is 9.78 Å². The van der Waals surface area contributed by atoms with E-state index in [0.29, 0.717) is 39.2 Å². The van der Waals surface area contributed by atoms with Gasteiger partial charge in [-0.15, -0.1) is 0 Å². The normalized spacial score (nSPS) is 18.2. The maximum Gasteiger partial charge on any atom is 0.339 e. The molecule has 1 saturated heterocycles. The van der Waals surface area contributed by atoms with E-state index in [-0.39, 0.29) is 35.0 Å². The summed E-state index contributed by atoms with van der Waals surface area (Å²) in [5.41, 5.74) is 2.94. The first-order chi connectivity index (χ1) is 20.3. The quantitative estimate of drug-likeness (QED) is 0.133. The highest BCUT2D eigenvalue weighted by molar-refractivity contribution is 9.10. The van der Waals surface area contributed by atoms with Crippen LogP contribution in [0.15, 0.2) is 77.3 Å². The van der Waals surface area contributed by atoms with Crippen molar-refractivity contribution in [3.05, 3.63) is 88.4 Å². The Morgan fingerprint density at radius 3 is 2.33 bits per heavy atom. The summed E-state index contributed by atoms with van der Waals surface area (Å²) >= 11 is 3.45. The van der Waals surface area contributed by atoms with E-state index in [1.54, 1.807) is 66.7 Å². The Labute approximate surface area is 250 Å². The highest BCUT2D eigenvalue weighted by atomic mass is 79.9. The predicted octanol–water partition coefficient (Wildman–Crippen LogP) is 6.39. The molecule has 2 amide bonds. The first-order valence-electron chi connectivity index (χ1n) is 13.8. The standard InChI is InChI=1S/C33H27BrN2O6/c1-41-23-6-4-5-20(15-23)30(37)18-42-33(40)27-17-29(35-28-14-11-21(34)16-26(27)28)19-9-12-22(13-10-19)36-31(38)24-7-2-3-8-25(24)32(36)39/h4-6,9-17,24-25H,2-3,7-8,18H2,1H3. The summed E-state index contributed by atoms with van der Waals surface area (Å²) in [5.74, 6) is -1.19. The van der Waals surface area contributed by atoms with E-state index in [0.717, 1.165) is 30.2 Å². The molecular weight excluding hydrogens is 600 g/mol. The highest BCUT2D eigenvalue weighted by Gasteiger charge is 2.48. The summed E-state index contributed by atoms with van der Waals surface area (Å²) < 4.78 is 11.4. The molecule has 212 valence electrons. The summed E-state index contributed by atoms with van der Waals surface area (Å²) in [6.45, 7) is -0.437. The minimum atomic E-state index is -0.662. The number of hydrogen-bond acceptors (Lipinski definition) is 7. The lowest BCUT2D eigenvalue weighted by atomic mass is 9.81. The summed E-state index contributed by atoms with van der Waals surface area (Å²) in [4.78, 5) is 58.2. The molecule has 9 heteroatoms. The molecule has 0 spiro atoms. The number of Topliss-reactive ketones (excluding diaryl/α,β-unsaturated/α-hetero) is 1. The number of benzene rings is 3. The van der Waals surface area contributed by atoms with E-state index in [9.17, 15) is 19.2 Å². The van der Waals surface area contributed by atoms with Crippen molar-refractivity contribution in [2.45, 2.75) is 25.7 Å². The van der Waals surface area contributed by atoms with Gasteiger partial charge >= 0.3 is 5.97 Å². The van der Waals surface area contributed by atoms with Gasteiger partial charge in [-0.1, -0.05) is 53.0 Å². The predicted molar refractivity (Wildman–Crippen MR) is 160 cm³/mol. The second-order valence-corrected chi connectivity index (χ2v) is 11.4. The molecule has 1 aliphatic carbocycles. The van der Waals surface area contributed by atoms with E-state index in [1.807, 2.05) is 6.07 Å². The van der Waals surface area contributed by atoms with Crippen molar-refractivity contribution in [2.75, 3.05) is 18.6 Å². The van der Waals surface area contributed by atoms with Crippen molar-refractivity contribution < 1.29 is 28.7 Å². The Hall–Kier alpha value is -4.37. The Morgan fingerprint density at radius 2 is 1.64 bits per heavy atom. The molecule has 1 aliphatic heterocycles. The second-order valence-electron chi connectivity index (χ2n) is 10.5. The van der Waals surface area contributed by atoms with Crippen LogP contribution in [0.2, 0.25) is 0 Å². The van der Waals surface area contributed by atoms with Gasteiger partial charge in [-0.05, 0) is 61.4 Å². The van der Waals surface area contributed by atoms with Crippen LogP contribution in [0, 0.1) is 11.8 Å². The van der Waals surface area contributed by atoms with Gasteiger partial charge in [0.15, 0.2) is 12.4 Å². The number of carbonyl (C=O) groups excluding carboxylic acids is 4. The molecule has 6 rings (SSSR count). The Bertz CT molecular complexity index is 1710. The Kier molecular flexibility index (Phi) is 7.60. The van der Waals surface area contributed by atoms with Gasteiger partial charge in [0.1, 0.15) is 5.75 Å². The van der Waals surface area contributed by atoms with E-state index in [1.165, 1.54) is 12.0 Å². The molecule has 2 atom stereocenters. The van der Waals surface area contributed by atoms with E-state index in [2.05, 4.69) is 15.9 Å². The third-order valence-corrected chi connectivity index (χ3v) is 8.47. The van der Waals surface area contributed by atoms with Crippen molar-refractivity contribution in [3.63, 3.8) is 0 Å². The summed E-state index contributed by atoms with van der Waals surface area (Å²) in [5, 5.41) is 0.569. The van der Waals surface area contributed by atoms with Crippen molar-refractivity contribution in [2.24, 2.45) is 11.8 Å². The number of amides is 2. The van der Waals surface area contributed by atoms with E-state index in [4.69, 9.17) is 14.5 Å². The molecule has 1 saturated carbocycles. The van der Waals surface area contributed by atoms with Crippen LogP contribution in [0.4, 0.5) is 5.69 Å². The SMILES string of the molecule is COc1cccc(C(=O)COC(=O)c2cc(-c3ccc(N4C(=O)C5CCCCC5C4=O)cc3)nc3ccc(Br)cc23)c1. The number of halogens is 1. The molecule has 1 aromatic heterocycles. The fourth-order valence-corrected chi connectivity index (χ4v) is 6.16. The zero-order chi connectivity index (χ0) is 29.4. The van der Waals surface area contributed by atoms with Crippen LogP contribution in [-0.4, -0.2) is 42.3 Å². The zero-order valence-corrected chi connectivity index (χ0v) is 24.4. The first kappa shape index (κ1) is 27.8. The Balaban J connectivity index is 1.27. The number of rotatable bonds is 7. The van der Waals surface area contributed by atoms with Gasteiger partial charge < -0.3 is 9.47 Å². The number of nitrogens with zero attached hydrogens (tertiary/aromatic N) is 2. The molecule has 8 nitrogen and oxygen atoms in total. The molecule has 0 N–H and O–H groups in total. The summed E-state index contributed by atoms with van der Waals surface area (Å²) in [6, 6.07) is 20.7. The number of methoxy groups -OCH3 is 1. The van der Waals surface area contributed by atoms with Crippen LogP contribution in [0.5, 0.6) is 5.75 Å². The number of carbonyl (C=O) groups is 4. The van der Waals surface area contributed by atoms with Crippen LogP contribution < -0.4 is 9.64 Å². The van der Waals surface area contributed by atoms with Crippen molar-refractivity contribution in [3.8, 4) is 17.0 Å². The third kappa shape index (κ3) is 5.20. The number of ketones is 1. The summed E-state index contributed by atoms with van der Waals surface area (Å²) in [6.07, 6.45) is 3.45. The van der Waals surface area contributed by atoms with Crippen LogP contribution in [-0.2, 0) is 14.3 Å². The zero-order valence-electron chi connectivity index (χ0n) is 22.8. The number of hydrogen-bond donors (Lipinski definition) is 0. The van der Waals surface area contributed by atoms with Gasteiger partial charge in [0.25, 0.3) is 0 Å². The molecule has 0 bridgehead atoms. The lowest BCUT2D eigenvalue weighted by molar-refractivity contribution is -0.122. The fraction of sp³-hybridized carbons (Fsp3) is 0.242. The van der Waals surface area contributed by atoms with Gasteiger partial charge in [0, 0.05) is 21.0 Å². The van der Waals surface area contributed by atoms with Gasteiger partial charge in [-0.3, -0.25) is 19.3 Å². The van der Waals surface area contributed by atoms with Crippen molar-refractivity contribution in [1.29, 1.82) is 0 Å². The number of anilines is 1. The minimum Gasteiger partial charge on any atom is -0.497 e. The largest absolute Gasteiger partial charge is 0.497 e. The lowest BCUT2D eigenvalue weighted by Crippen LogP contribution is -2.30. The maximum atomic E-state index is 13.3. The Morgan fingerprint density at radius 1 is 0.929 bits per heavy atom. The number of esters is 1. The third-order valence-electron chi connectivity index (χ3n) is 7.98. The van der Waals surface area contributed by atoms with Gasteiger partial charge in [0.05, 0.1) is 41.4 Å². The van der Waals surface area contributed by atoms with Crippen molar-refractivity contribution >= 4 is 56.1 Å². The van der Waals surface area contributed by atoms with E-state index < -0.39 is 12.6 Å². The molecule has 4 aromatic rings. The highest BCUT2D eigenvalue weighted by Crippen LogP contribution is 2.40. The van der Waals surface area contributed by atoms with Gasteiger partial charge in [0.2, 0.25) is 11.8 Å². The smallest absolute Gasteiger partial charge is 0.339 e. The average Bonchev–Trinajstić information content (AvgIpc) is 3.28. The van der Waals surface area contributed by atoms with Crippen LogP contribution in [0.1, 0.15) is 46.4 Å². The monoisotopic (exact) mass is 626 g/mol. The van der Waals surface area contributed by atoms with Crippen LogP contribution >= 0.6 is 15.9 Å². The molecular formula is C33H27BrN2O6. The maximum absolute atomic E-state index is 13.3. The molecule has 2 fully saturated rings. The molecule has 42 heavy (non-hydrogen) atoms. The number of imide groups is 1. The van der Waals surface area contributed by atoms with E-state index >= 15 is 0 Å². The first-order valence-corrected chi connectivity index (χ1v) is 14.6. The average molecular weight is 627 g/mol. The van der Waals surface area contributed by atoms with Crippen LogP contribution in [0.3, 0.4) is 0 Å². The molecule has 3 aromatic carbocycles. The molecule has 2 heterocycles. The summed E-state index contributed by atoms with van der Waals surface area (Å²) in [7, 11) is 1.51. The number of aromatic nitrogens is 1. The number of fused-ring (bicyclic) bond motifs is 2. The van der Waals surface area contributed by atoms with Crippen molar-refractivity contribution in [1.82, 2.24) is 4.98 Å². The molecule has 0 radical (unpaired) electrons.